The number of aromatic nitrogens is 8. The molecule has 73 heavy (non-hydrogen) atoms. The van der Waals surface area contributed by atoms with Gasteiger partial charge in [0.15, 0.2) is 12.2 Å². The Morgan fingerprint density at radius 3 is 1.32 bits per heavy atom. The number of carbonyl (C=O) groups excluding carboxylic acids is 4. The normalized spacial score (nSPS) is 19.9. The maximum Gasteiger partial charge on any atom is 1.00 e. The first-order valence-corrected chi connectivity index (χ1v) is 26.9. The number of nitrogens with zero attached hydrogens (tertiary/aromatic N) is 10. The first-order chi connectivity index (χ1) is 33.1. The van der Waals surface area contributed by atoms with Crippen molar-refractivity contribution in [3.63, 3.8) is 0 Å². The number of rotatable bonds is 18. The van der Waals surface area contributed by atoms with Gasteiger partial charge in [-0.1, -0.05) is 84.2 Å². The van der Waals surface area contributed by atoms with E-state index in [-0.39, 0.29) is 109 Å². The zero-order chi connectivity index (χ0) is 50.7. The molecule has 2 aromatic heterocycles. The van der Waals surface area contributed by atoms with Gasteiger partial charge in [0.2, 0.25) is 10.3 Å². The molecule has 6 heterocycles. The monoisotopic (exact) mass is 1150 g/mol. The Balaban J connectivity index is 0.000000304. The standard InChI is InChI=1S/2C18H18N6O8S3.2Na.H2O/c2*25-13(9-4-2-1-3-5-9)14(26)19-11-15(27)24-12(17(28)29)10(6-33-16(11)24)7-34-18-20-21-22-23(18)8-35(30,31)32;;;/h2*1-5,11,13,16,25H,6-8H2,(H,19,26)(H,28,29)(H,30,31,32);;;1H2/q;;2*+1;/p-2/t2*11-,13-,16-;;;/m11.../s1. The number of aliphatic hydroxyl groups excluding tert-OH is 2. The Labute approximate surface area is 473 Å². The molecule has 0 saturated carbocycles. The fourth-order valence-electron chi connectivity index (χ4n) is 6.99. The van der Waals surface area contributed by atoms with E-state index in [1.807, 2.05) is 0 Å². The van der Waals surface area contributed by atoms with Crippen LogP contribution in [-0.2, 0) is 60.8 Å². The number of hydrogen-bond acceptors (Lipinski definition) is 24. The third kappa shape index (κ3) is 14.7. The van der Waals surface area contributed by atoms with Gasteiger partial charge >= 0.3 is 71.1 Å². The molecule has 4 aromatic rings. The summed E-state index contributed by atoms with van der Waals surface area (Å²) in [7, 11) is -9.30. The number of fused-ring (bicyclic) bond motifs is 2. The molecule has 0 unspecified atom stereocenters. The van der Waals surface area contributed by atoms with E-state index >= 15 is 0 Å². The predicted octanol–water partition coefficient (Wildman–Crippen LogP) is -9.34. The second kappa shape index (κ2) is 26.2. The third-order valence-electron chi connectivity index (χ3n) is 10.1. The van der Waals surface area contributed by atoms with Crippen molar-refractivity contribution in [2.75, 3.05) is 23.0 Å². The minimum Gasteiger partial charge on any atom is -0.747 e. The Kier molecular flexibility index (Phi) is 22.0. The summed E-state index contributed by atoms with van der Waals surface area (Å²) in [6.45, 7) is 0. The second-order valence-electron chi connectivity index (χ2n) is 14.8. The number of thioether (sulfide) groups is 4. The number of tetrazole rings is 2. The summed E-state index contributed by atoms with van der Waals surface area (Å²) in [6.07, 6.45) is -2.98. The van der Waals surface area contributed by atoms with Gasteiger partial charge in [0, 0.05) is 23.0 Å². The summed E-state index contributed by atoms with van der Waals surface area (Å²) in [5, 5.41) is 64.4. The summed E-state index contributed by atoms with van der Waals surface area (Å²) < 4.78 is 67.5. The van der Waals surface area contributed by atoms with Crippen LogP contribution in [0.4, 0.5) is 0 Å². The predicted molar refractivity (Wildman–Crippen MR) is 242 cm³/mol. The third-order valence-corrected chi connectivity index (χ3v) is 16.0. The minimum atomic E-state index is -4.65. The Morgan fingerprint density at radius 1 is 0.658 bits per heavy atom. The summed E-state index contributed by atoms with van der Waals surface area (Å²) in [4.78, 5) is 76.5. The van der Waals surface area contributed by atoms with Gasteiger partial charge in [-0.05, 0) is 43.1 Å². The van der Waals surface area contributed by atoms with Crippen LogP contribution in [0.15, 0.2) is 93.5 Å². The fourth-order valence-corrected chi connectivity index (χ4v) is 12.8. The van der Waals surface area contributed by atoms with Crippen LogP contribution in [0, 0.1) is 0 Å². The maximum atomic E-state index is 12.8. The summed E-state index contributed by atoms with van der Waals surface area (Å²) >= 11 is 4.27. The number of nitrogens with one attached hydrogen (secondary N) is 2. The maximum absolute atomic E-state index is 12.8. The molecule has 8 rings (SSSR count). The molecule has 0 aliphatic carbocycles. The second-order valence-corrected chi connectivity index (χ2v) is 21.6. The average molecular weight is 1150 g/mol. The van der Waals surface area contributed by atoms with E-state index in [1.165, 1.54) is 23.5 Å². The van der Waals surface area contributed by atoms with Crippen LogP contribution in [0.25, 0.3) is 0 Å². The number of aliphatic hydroxyl groups is 2. The number of carboxylic acid groups (broad SMARTS) is 2. The largest absolute Gasteiger partial charge is 1.00 e. The molecule has 6 atom stereocenters. The summed E-state index contributed by atoms with van der Waals surface area (Å²) in [5.74, 6) is -7.11. The first-order valence-electron chi connectivity index (χ1n) is 19.6. The van der Waals surface area contributed by atoms with Crippen LogP contribution in [-0.4, -0.2) is 183 Å². The SMILES string of the molecule is O.O=C(O)C1=C(CSc2nnnn2CS(=O)(=O)[O-])CS[C@@H]2[C@H](NC(=O)[C@H](O)c3ccccc3)C(=O)N12.O=C(O)C1=C(CSc2nnnn2CS(=O)(=O)[O-])CS[C@@H]2[C@H](NC(=O)[C@H](O)c3ccccc3)C(=O)N12.[Na+].[Na+]. The van der Waals surface area contributed by atoms with Crippen molar-refractivity contribution in [1.82, 2.24) is 60.8 Å². The summed E-state index contributed by atoms with van der Waals surface area (Å²) in [6, 6.07) is 14.3. The Morgan fingerprint density at radius 2 is 1.00 bits per heavy atom. The molecule has 0 radical (unpaired) electrons. The molecule has 0 spiro atoms. The molecule has 29 nitrogen and oxygen atoms in total. The zero-order valence-electron chi connectivity index (χ0n) is 37.6. The molecule has 380 valence electrons. The molecular formula is C36H36N12Na2O17S6. The number of β-lactam (4-membered cyclic amide) rings is 2. The summed E-state index contributed by atoms with van der Waals surface area (Å²) in [5.41, 5.74) is 0.896. The molecule has 2 aromatic carbocycles. The number of carbonyl (C=O) groups is 6. The van der Waals surface area contributed by atoms with Crippen LogP contribution in [0.1, 0.15) is 23.3 Å². The first kappa shape index (κ1) is 61.5. The number of carboxylic acids is 2. The Bertz CT molecular complexity index is 2810. The molecular weight excluding hydrogens is 1110 g/mol. The van der Waals surface area contributed by atoms with Gasteiger partial charge in [0.25, 0.3) is 23.6 Å². The van der Waals surface area contributed by atoms with Crippen LogP contribution >= 0.6 is 47.0 Å². The van der Waals surface area contributed by atoms with Gasteiger partial charge in [-0.25, -0.2) is 35.8 Å². The van der Waals surface area contributed by atoms with Gasteiger partial charge in [-0.2, -0.15) is 0 Å². The topological polar surface area (TPSA) is 447 Å². The van der Waals surface area contributed by atoms with Crippen molar-refractivity contribution >= 4 is 103 Å². The van der Waals surface area contributed by atoms with Crippen molar-refractivity contribution in [3.8, 4) is 0 Å². The molecule has 0 bridgehead atoms. The Hall–Kier alpha value is -4.02. The smallest absolute Gasteiger partial charge is 0.747 e. The molecule has 4 amide bonds. The van der Waals surface area contributed by atoms with Gasteiger partial charge in [0.05, 0.1) is 0 Å². The van der Waals surface area contributed by atoms with Crippen molar-refractivity contribution < 1.29 is 140 Å². The van der Waals surface area contributed by atoms with Crippen LogP contribution in [0.2, 0.25) is 0 Å². The van der Waals surface area contributed by atoms with Gasteiger partial charge in [-0.15, -0.1) is 33.7 Å². The number of amides is 4. The van der Waals surface area contributed by atoms with E-state index in [4.69, 9.17) is 0 Å². The van der Waals surface area contributed by atoms with Gasteiger partial charge in [-0.3, -0.25) is 29.0 Å². The van der Waals surface area contributed by atoms with E-state index in [9.17, 15) is 75.1 Å². The van der Waals surface area contributed by atoms with E-state index in [0.717, 1.165) is 42.7 Å². The molecule has 37 heteroatoms. The zero-order valence-corrected chi connectivity index (χ0v) is 46.5. The van der Waals surface area contributed by atoms with Crippen molar-refractivity contribution in [2.45, 2.75) is 57.1 Å². The fraction of sp³-hybridized carbons (Fsp3) is 0.333. The van der Waals surface area contributed by atoms with E-state index in [2.05, 4.69) is 41.7 Å². The molecule has 2 saturated heterocycles. The van der Waals surface area contributed by atoms with Gasteiger partial charge in [0.1, 0.15) is 66.2 Å². The quantitative estimate of drug-likeness (QED) is 0.0233. The average Bonchev–Trinajstić information content (AvgIpc) is 3.96. The van der Waals surface area contributed by atoms with Crippen molar-refractivity contribution in [2.24, 2.45) is 0 Å². The van der Waals surface area contributed by atoms with E-state index in [0.29, 0.717) is 22.3 Å². The molecule has 4 aliphatic rings. The van der Waals surface area contributed by atoms with Crippen molar-refractivity contribution in [1.29, 1.82) is 0 Å². The number of aliphatic carboxylic acids is 2. The molecule has 2 fully saturated rings. The van der Waals surface area contributed by atoms with Crippen molar-refractivity contribution in [3.05, 3.63) is 94.3 Å². The number of hydrogen-bond donors (Lipinski definition) is 6. The van der Waals surface area contributed by atoms with Crippen LogP contribution in [0.5, 0.6) is 0 Å². The number of benzene rings is 2. The molecule has 8 N–H and O–H groups in total. The van der Waals surface area contributed by atoms with E-state index in [1.54, 1.807) is 60.7 Å². The van der Waals surface area contributed by atoms with Crippen LogP contribution in [0.3, 0.4) is 0 Å². The molecule has 4 aliphatic heterocycles. The minimum absolute atomic E-state index is 0. The van der Waals surface area contributed by atoms with E-state index < -0.39 is 103 Å². The van der Waals surface area contributed by atoms with Crippen LogP contribution < -0.4 is 69.7 Å². The van der Waals surface area contributed by atoms with Gasteiger partial charge < -0.3 is 45.6 Å².